The lowest BCUT2D eigenvalue weighted by molar-refractivity contribution is -0.125. The van der Waals surface area contributed by atoms with Crippen LogP contribution in [0.2, 0.25) is 0 Å². The van der Waals surface area contributed by atoms with Crippen LogP contribution in [0.3, 0.4) is 0 Å². The normalized spacial score (nSPS) is 12.3. The molecule has 0 heterocycles. The summed E-state index contributed by atoms with van der Waals surface area (Å²) in [5.41, 5.74) is 2.04. The lowest BCUT2D eigenvalue weighted by Crippen LogP contribution is -2.22. The monoisotopic (exact) mass is 302 g/mol. The predicted octanol–water partition coefficient (Wildman–Crippen LogP) is 4.78. The molecule has 0 unspecified atom stereocenters. The van der Waals surface area contributed by atoms with Crippen LogP contribution in [0.25, 0.3) is 0 Å². The molecule has 0 N–H and O–H groups in total. The second-order valence-electron chi connectivity index (χ2n) is 7.70. The van der Waals surface area contributed by atoms with Crippen molar-refractivity contribution in [2.45, 2.75) is 67.2 Å². The highest BCUT2D eigenvalue weighted by Gasteiger charge is 2.24. The second kappa shape index (κ2) is 7.21. The Morgan fingerprint density at radius 2 is 1.00 bits per heavy atom. The fourth-order valence-electron chi connectivity index (χ4n) is 2.14. The standard InChI is InChI=1S/C20H30O2/c1-15(21)19(3,4)13-11-17-7-9-18(10-8-17)12-14-20(5,6)16(2)22/h7-10H,11-14H2,1-6H3. The lowest BCUT2D eigenvalue weighted by Gasteiger charge is -2.21. The molecule has 22 heavy (non-hydrogen) atoms. The van der Waals surface area contributed by atoms with Gasteiger partial charge in [-0.2, -0.15) is 0 Å². The maximum Gasteiger partial charge on any atom is 0.135 e. The second-order valence-corrected chi connectivity index (χ2v) is 7.70. The van der Waals surface area contributed by atoms with Crippen molar-refractivity contribution in [2.24, 2.45) is 10.8 Å². The van der Waals surface area contributed by atoms with Crippen molar-refractivity contribution in [1.82, 2.24) is 0 Å². The van der Waals surface area contributed by atoms with E-state index in [0.29, 0.717) is 0 Å². The van der Waals surface area contributed by atoms with Crippen LogP contribution in [0.5, 0.6) is 0 Å². The number of hydrogen-bond acceptors (Lipinski definition) is 2. The van der Waals surface area contributed by atoms with Gasteiger partial charge in [-0.3, -0.25) is 9.59 Å². The maximum absolute atomic E-state index is 11.5. The first kappa shape index (κ1) is 18.6. The maximum atomic E-state index is 11.5. The first-order valence-electron chi connectivity index (χ1n) is 8.14. The smallest absolute Gasteiger partial charge is 0.135 e. The molecule has 0 aromatic heterocycles. The third kappa shape index (κ3) is 5.40. The van der Waals surface area contributed by atoms with Gasteiger partial charge in [-0.25, -0.2) is 0 Å². The summed E-state index contributed by atoms with van der Waals surface area (Å²) in [7, 11) is 0. The summed E-state index contributed by atoms with van der Waals surface area (Å²) in [6.07, 6.45) is 3.59. The van der Waals surface area contributed by atoms with Crippen LogP contribution in [-0.4, -0.2) is 11.6 Å². The summed E-state index contributed by atoms with van der Waals surface area (Å²) < 4.78 is 0. The molecule has 1 rings (SSSR count). The molecule has 0 atom stereocenters. The third-order valence-electron chi connectivity index (χ3n) is 5.01. The van der Waals surface area contributed by atoms with Gasteiger partial charge in [0.2, 0.25) is 0 Å². The molecular formula is C20H30O2. The van der Waals surface area contributed by atoms with Crippen molar-refractivity contribution in [3.05, 3.63) is 35.4 Å². The molecule has 0 aliphatic carbocycles. The largest absolute Gasteiger partial charge is 0.299 e. The minimum absolute atomic E-state index is 0.246. The van der Waals surface area contributed by atoms with Crippen molar-refractivity contribution in [3.8, 4) is 0 Å². The molecule has 0 radical (unpaired) electrons. The fourth-order valence-corrected chi connectivity index (χ4v) is 2.14. The number of hydrogen-bond donors (Lipinski definition) is 0. The van der Waals surface area contributed by atoms with Crippen LogP contribution in [0.4, 0.5) is 0 Å². The van der Waals surface area contributed by atoms with E-state index < -0.39 is 0 Å². The summed E-state index contributed by atoms with van der Waals surface area (Å²) in [6.45, 7) is 11.4. The molecule has 0 spiro atoms. The van der Waals surface area contributed by atoms with Gasteiger partial charge in [0.1, 0.15) is 11.6 Å². The van der Waals surface area contributed by atoms with E-state index in [4.69, 9.17) is 0 Å². The highest BCUT2D eigenvalue weighted by molar-refractivity contribution is 5.81. The number of benzene rings is 1. The first-order chi connectivity index (χ1) is 10.0. The summed E-state index contributed by atoms with van der Waals surface area (Å²) in [4.78, 5) is 23.1. The number of ketones is 2. The molecule has 1 aromatic rings. The Morgan fingerprint density at radius 3 is 1.23 bits per heavy atom. The van der Waals surface area contributed by atoms with Crippen molar-refractivity contribution >= 4 is 11.6 Å². The Hall–Kier alpha value is -1.44. The van der Waals surface area contributed by atoms with Crippen molar-refractivity contribution < 1.29 is 9.59 Å². The molecule has 0 bridgehead atoms. The highest BCUT2D eigenvalue weighted by atomic mass is 16.1. The number of aryl methyl sites for hydroxylation is 2. The Labute approximate surface area is 135 Å². The van der Waals surface area contributed by atoms with Crippen molar-refractivity contribution in [1.29, 1.82) is 0 Å². The minimum Gasteiger partial charge on any atom is -0.299 e. The van der Waals surface area contributed by atoms with Gasteiger partial charge in [0.15, 0.2) is 0 Å². The van der Waals surface area contributed by atoms with Crippen LogP contribution < -0.4 is 0 Å². The van der Waals surface area contributed by atoms with E-state index in [1.807, 2.05) is 27.7 Å². The Morgan fingerprint density at radius 1 is 0.727 bits per heavy atom. The molecule has 0 fully saturated rings. The highest BCUT2D eigenvalue weighted by Crippen LogP contribution is 2.26. The fraction of sp³-hybridized carbons (Fsp3) is 0.600. The summed E-state index contributed by atoms with van der Waals surface area (Å²) >= 11 is 0. The van der Waals surface area contributed by atoms with Gasteiger partial charge in [-0.05, 0) is 50.7 Å². The quantitative estimate of drug-likeness (QED) is 0.692. The molecular weight excluding hydrogens is 272 g/mol. The summed E-state index contributed by atoms with van der Waals surface area (Å²) in [6, 6.07) is 8.58. The van der Waals surface area contributed by atoms with Gasteiger partial charge >= 0.3 is 0 Å². The predicted molar refractivity (Wildman–Crippen MR) is 92.0 cm³/mol. The van der Waals surface area contributed by atoms with Crippen LogP contribution in [0.1, 0.15) is 65.5 Å². The van der Waals surface area contributed by atoms with E-state index in [9.17, 15) is 9.59 Å². The van der Waals surface area contributed by atoms with Crippen LogP contribution in [-0.2, 0) is 22.4 Å². The van der Waals surface area contributed by atoms with Gasteiger partial charge in [-0.1, -0.05) is 52.0 Å². The third-order valence-corrected chi connectivity index (χ3v) is 5.01. The lowest BCUT2D eigenvalue weighted by atomic mass is 9.82. The molecule has 0 saturated carbocycles. The van der Waals surface area contributed by atoms with Crippen LogP contribution in [0.15, 0.2) is 24.3 Å². The molecule has 0 aliphatic heterocycles. The Bertz CT molecular complexity index is 472. The van der Waals surface area contributed by atoms with E-state index in [2.05, 4.69) is 24.3 Å². The molecule has 2 heteroatoms. The Kier molecular flexibility index (Phi) is 6.10. The van der Waals surface area contributed by atoms with Gasteiger partial charge < -0.3 is 0 Å². The molecule has 0 saturated heterocycles. The molecule has 0 amide bonds. The number of carbonyl (C=O) groups is 2. The van der Waals surface area contributed by atoms with E-state index in [1.54, 1.807) is 13.8 Å². The zero-order chi connectivity index (χ0) is 17.0. The van der Waals surface area contributed by atoms with E-state index in [-0.39, 0.29) is 22.4 Å². The molecule has 0 aliphatic rings. The van der Waals surface area contributed by atoms with Gasteiger partial charge in [0, 0.05) is 10.8 Å². The zero-order valence-corrected chi connectivity index (χ0v) is 15.0. The van der Waals surface area contributed by atoms with E-state index in [1.165, 1.54) is 11.1 Å². The SMILES string of the molecule is CC(=O)C(C)(C)CCc1ccc(CCC(C)(C)C(C)=O)cc1. The van der Waals surface area contributed by atoms with Crippen LogP contribution >= 0.6 is 0 Å². The van der Waals surface area contributed by atoms with Gasteiger partial charge in [0.05, 0.1) is 0 Å². The van der Waals surface area contributed by atoms with Crippen molar-refractivity contribution in [3.63, 3.8) is 0 Å². The first-order valence-corrected chi connectivity index (χ1v) is 8.14. The number of carbonyl (C=O) groups excluding carboxylic acids is 2. The molecule has 2 nitrogen and oxygen atoms in total. The Balaban J connectivity index is 2.57. The number of rotatable bonds is 8. The minimum atomic E-state index is -0.246. The van der Waals surface area contributed by atoms with Crippen molar-refractivity contribution in [2.75, 3.05) is 0 Å². The zero-order valence-electron chi connectivity index (χ0n) is 15.0. The molecule has 122 valence electrons. The van der Waals surface area contributed by atoms with E-state index >= 15 is 0 Å². The van der Waals surface area contributed by atoms with Crippen LogP contribution in [0, 0.1) is 10.8 Å². The molecule has 1 aromatic carbocycles. The average Bonchev–Trinajstić information content (AvgIpc) is 2.44. The average molecular weight is 302 g/mol. The van der Waals surface area contributed by atoms with E-state index in [0.717, 1.165) is 25.7 Å². The summed E-state index contributed by atoms with van der Waals surface area (Å²) in [5, 5.41) is 0. The van der Waals surface area contributed by atoms with Gasteiger partial charge in [0.25, 0.3) is 0 Å². The topological polar surface area (TPSA) is 34.1 Å². The van der Waals surface area contributed by atoms with Gasteiger partial charge in [-0.15, -0.1) is 0 Å². The number of Topliss-reactive ketones (excluding diaryl/α,β-unsaturated/α-hetero) is 2. The summed E-state index contributed by atoms with van der Waals surface area (Å²) in [5.74, 6) is 0.492.